The summed E-state index contributed by atoms with van der Waals surface area (Å²) in [6.07, 6.45) is 4.18. The van der Waals surface area contributed by atoms with Crippen molar-refractivity contribution in [3.63, 3.8) is 0 Å². The zero-order chi connectivity index (χ0) is 18.6. The standard InChI is InChI=1S/C20H21FN4O2/c21-17-4-1-14(2-5-17)11-18-23-20(27-24-18)16-3-6-19(22-12-16)25-9-7-15(13-26)8-10-25/h1-6,12,15,26H,7-11,13H2. The second-order valence-corrected chi connectivity index (χ2v) is 6.84. The zero-order valence-electron chi connectivity index (χ0n) is 14.9. The van der Waals surface area contributed by atoms with E-state index in [-0.39, 0.29) is 12.4 Å². The lowest BCUT2D eigenvalue weighted by atomic mass is 9.98. The number of benzene rings is 1. The van der Waals surface area contributed by atoms with Crippen molar-refractivity contribution in [2.24, 2.45) is 5.92 Å². The second kappa shape index (κ2) is 7.84. The Morgan fingerprint density at radius 1 is 1.11 bits per heavy atom. The molecule has 6 nitrogen and oxygen atoms in total. The van der Waals surface area contributed by atoms with Gasteiger partial charge in [-0.05, 0) is 48.6 Å². The maximum atomic E-state index is 13.0. The van der Waals surface area contributed by atoms with Crippen molar-refractivity contribution in [1.29, 1.82) is 0 Å². The first-order valence-electron chi connectivity index (χ1n) is 9.10. The van der Waals surface area contributed by atoms with Crippen LogP contribution in [0, 0.1) is 11.7 Å². The summed E-state index contributed by atoms with van der Waals surface area (Å²) in [5.74, 6) is 2.02. The molecule has 1 aliphatic rings. The third kappa shape index (κ3) is 4.14. The van der Waals surface area contributed by atoms with Gasteiger partial charge in [-0.3, -0.25) is 0 Å². The number of hydrogen-bond donors (Lipinski definition) is 1. The maximum Gasteiger partial charge on any atom is 0.259 e. The smallest absolute Gasteiger partial charge is 0.259 e. The first-order chi connectivity index (χ1) is 13.2. The van der Waals surface area contributed by atoms with Crippen LogP contribution in [0.25, 0.3) is 11.5 Å². The molecule has 2 aromatic heterocycles. The van der Waals surface area contributed by atoms with Gasteiger partial charge in [0, 0.05) is 32.3 Å². The number of aliphatic hydroxyl groups excluding tert-OH is 1. The minimum absolute atomic E-state index is 0.262. The predicted molar refractivity (Wildman–Crippen MR) is 98.8 cm³/mol. The number of nitrogens with zero attached hydrogens (tertiary/aromatic N) is 4. The van der Waals surface area contributed by atoms with Crippen LogP contribution in [0.5, 0.6) is 0 Å². The minimum atomic E-state index is -0.265. The monoisotopic (exact) mass is 368 g/mol. The van der Waals surface area contributed by atoms with Crippen LogP contribution in [0.1, 0.15) is 24.2 Å². The molecule has 140 valence electrons. The summed E-state index contributed by atoms with van der Waals surface area (Å²) in [7, 11) is 0. The van der Waals surface area contributed by atoms with Crippen LogP contribution in [0.4, 0.5) is 10.2 Å². The van der Waals surface area contributed by atoms with Crippen LogP contribution in [0.15, 0.2) is 47.1 Å². The average Bonchev–Trinajstić information content (AvgIpc) is 3.18. The van der Waals surface area contributed by atoms with E-state index in [0.29, 0.717) is 24.1 Å². The van der Waals surface area contributed by atoms with Gasteiger partial charge in [0.2, 0.25) is 0 Å². The number of hydrogen-bond acceptors (Lipinski definition) is 6. The Morgan fingerprint density at radius 3 is 2.56 bits per heavy atom. The third-order valence-corrected chi connectivity index (χ3v) is 4.94. The molecule has 0 bridgehead atoms. The summed E-state index contributed by atoms with van der Waals surface area (Å²) in [5.41, 5.74) is 1.69. The SMILES string of the molecule is OCC1CCN(c2ccc(-c3nc(Cc4ccc(F)cc4)no3)cn2)CC1. The Kier molecular flexibility index (Phi) is 5.11. The highest BCUT2D eigenvalue weighted by molar-refractivity contribution is 5.54. The highest BCUT2D eigenvalue weighted by Gasteiger charge is 2.19. The number of aliphatic hydroxyl groups is 1. The van der Waals surface area contributed by atoms with E-state index in [1.165, 1.54) is 12.1 Å². The molecular formula is C20H21FN4O2. The van der Waals surface area contributed by atoms with Gasteiger partial charge in [-0.1, -0.05) is 17.3 Å². The Labute approximate surface area is 156 Å². The number of pyridine rings is 1. The second-order valence-electron chi connectivity index (χ2n) is 6.84. The fourth-order valence-corrected chi connectivity index (χ4v) is 3.27. The van der Waals surface area contributed by atoms with Crippen LogP contribution >= 0.6 is 0 Å². The molecule has 0 saturated carbocycles. The van der Waals surface area contributed by atoms with Crippen molar-refractivity contribution < 1.29 is 14.0 Å². The van der Waals surface area contributed by atoms with Crippen molar-refractivity contribution in [2.45, 2.75) is 19.3 Å². The van der Waals surface area contributed by atoms with E-state index >= 15 is 0 Å². The molecule has 0 unspecified atom stereocenters. The van der Waals surface area contributed by atoms with Crippen LogP contribution in [-0.2, 0) is 6.42 Å². The van der Waals surface area contributed by atoms with Crippen molar-refractivity contribution in [1.82, 2.24) is 15.1 Å². The first-order valence-corrected chi connectivity index (χ1v) is 9.10. The Balaban J connectivity index is 1.42. The summed E-state index contributed by atoms with van der Waals surface area (Å²) in [5, 5.41) is 13.2. The molecular weight excluding hydrogens is 347 g/mol. The van der Waals surface area contributed by atoms with E-state index in [9.17, 15) is 9.50 Å². The summed E-state index contributed by atoms with van der Waals surface area (Å²) in [6.45, 7) is 2.07. The lowest BCUT2D eigenvalue weighted by Gasteiger charge is -2.31. The van der Waals surface area contributed by atoms with Gasteiger partial charge in [-0.15, -0.1) is 0 Å². The zero-order valence-corrected chi connectivity index (χ0v) is 14.9. The molecule has 1 fully saturated rings. The van der Waals surface area contributed by atoms with Gasteiger partial charge in [0.15, 0.2) is 5.82 Å². The molecule has 3 heterocycles. The van der Waals surface area contributed by atoms with Crippen LogP contribution < -0.4 is 4.90 Å². The van der Waals surface area contributed by atoms with E-state index < -0.39 is 0 Å². The van der Waals surface area contributed by atoms with Crippen LogP contribution in [0.2, 0.25) is 0 Å². The van der Waals surface area contributed by atoms with E-state index in [1.807, 2.05) is 12.1 Å². The quantitative estimate of drug-likeness (QED) is 0.746. The van der Waals surface area contributed by atoms with Crippen molar-refractivity contribution in [3.8, 4) is 11.5 Å². The molecule has 0 radical (unpaired) electrons. The van der Waals surface area contributed by atoms with Gasteiger partial charge in [-0.2, -0.15) is 4.98 Å². The molecule has 27 heavy (non-hydrogen) atoms. The number of halogens is 1. The normalized spacial score (nSPS) is 15.3. The van der Waals surface area contributed by atoms with Gasteiger partial charge in [0.1, 0.15) is 11.6 Å². The molecule has 0 aliphatic carbocycles. The van der Waals surface area contributed by atoms with Crippen molar-refractivity contribution in [3.05, 3.63) is 59.8 Å². The first kappa shape index (κ1) is 17.6. The molecule has 0 amide bonds. The van der Waals surface area contributed by atoms with Gasteiger partial charge in [0.05, 0.1) is 5.56 Å². The van der Waals surface area contributed by atoms with E-state index in [0.717, 1.165) is 42.9 Å². The molecule has 1 aromatic carbocycles. The number of anilines is 1. The molecule has 1 saturated heterocycles. The van der Waals surface area contributed by atoms with E-state index in [1.54, 1.807) is 18.3 Å². The highest BCUT2D eigenvalue weighted by Crippen LogP contribution is 2.24. The summed E-state index contributed by atoms with van der Waals surface area (Å²) in [6, 6.07) is 10.1. The number of aromatic nitrogens is 3. The van der Waals surface area contributed by atoms with Gasteiger partial charge >= 0.3 is 0 Å². The lowest BCUT2D eigenvalue weighted by Crippen LogP contribution is -2.35. The highest BCUT2D eigenvalue weighted by atomic mass is 19.1. The fraction of sp³-hybridized carbons (Fsp3) is 0.350. The number of rotatable bonds is 5. The molecule has 7 heteroatoms. The summed E-state index contributed by atoms with van der Waals surface area (Å²) < 4.78 is 18.3. The van der Waals surface area contributed by atoms with E-state index in [4.69, 9.17) is 4.52 Å². The topological polar surface area (TPSA) is 75.3 Å². The van der Waals surface area contributed by atoms with Crippen LogP contribution in [0.3, 0.4) is 0 Å². The summed E-state index contributed by atoms with van der Waals surface area (Å²) >= 11 is 0. The van der Waals surface area contributed by atoms with E-state index in [2.05, 4.69) is 20.0 Å². The minimum Gasteiger partial charge on any atom is -0.396 e. The Hall–Kier alpha value is -2.80. The van der Waals surface area contributed by atoms with Crippen LogP contribution in [-0.4, -0.2) is 39.9 Å². The summed E-state index contributed by atoms with van der Waals surface area (Å²) in [4.78, 5) is 11.2. The van der Waals surface area contributed by atoms with Gasteiger partial charge < -0.3 is 14.5 Å². The molecule has 4 rings (SSSR count). The molecule has 0 atom stereocenters. The molecule has 3 aromatic rings. The van der Waals surface area contributed by atoms with Crippen molar-refractivity contribution >= 4 is 5.82 Å². The Bertz CT molecular complexity index is 872. The Morgan fingerprint density at radius 2 is 1.89 bits per heavy atom. The average molecular weight is 368 g/mol. The van der Waals surface area contributed by atoms with Gasteiger partial charge in [-0.25, -0.2) is 9.37 Å². The third-order valence-electron chi connectivity index (χ3n) is 4.94. The predicted octanol–water partition coefficient (Wildman–Crippen LogP) is 3.07. The molecule has 1 aliphatic heterocycles. The fourth-order valence-electron chi connectivity index (χ4n) is 3.27. The largest absolute Gasteiger partial charge is 0.396 e. The number of piperidine rings is 1. The molecule has 1 N–H and O–H groups in total. The maximum absolute atomic E-state index is 13.0. The van der Waals surface area contributed by atoms with Gasteiger partial charge in [0.25, 0.3) is 5.89 Å². The molecule has 0 spiro atoms. The lowest BCUT2D eigenvalue weighted by molar-refractivity contribution is 0.203. The van der Waals surface area contributed by atoms with Crippen molar-refractivity contribution in [2.75, 3.05) is 24.6 Å².